The Labute approximate surface area is 129 Å². The number of anilines is 1. The van der Waals surface area contributed by atoms with E-state index in [9.17, 15) is 15.4 Å². The van der Waals surface area contributed by atoms with Crippen LogP contribution in [-0.2, 0) is 0 Å². The molecule has 2 aromatic carbocycles. The van der Waals surface area contributed by atoms with Gasteiger partial charge in [0.05, 0.1) is 16.2 Å². The van der Waals surface area contributed by atoms with Crippen LogP contribution in [0.3, 0.4) is 0 Å². The van der Waals surface area contributed by atoms with Crippen LogP contribution in [0.4, 0.5) is 11.4 Å². The van der Waals surface area contributed by atoms with Gasteiger partial charge in [-0.15, -0.1) is 0 Å². The molecule has 5 heteroatoms. The molecule has 0 aliphatic rings. The smallest absolute Gasteiger partial charge is 0.270 e. The van der Waals surface area contributed by atoms with Crippen LogP contribution < -0.4 is 5.32 Å². The third-order valence-corrected chi connectivity index (χ3v) is 3.82. The monoisotopic (exact) mass is 295 g/mol. The van der Waals surface area contributed by atoms with Crippen molar-refractivity contribution in [3.8, 4) is 6.07 Å². The van der Waals surface area contributed by atoms with Crippen LogP contribution in [0, 0.1) is 35.3 Å². The average Bonchev–Trinajstić information content (AvgIpc) is 2.50. The number of aryl methyl sites for hydroxylation is 1. The Morgan fingerprint density at radius 3 is 2.64 bits per heavy atom. The summed E-state index contributed by atoms with van der Waals surface area (Å²) < 4.78 is 0. The second-order valence-corrected chi connectivity index (χ2v) is 5.25. The Bertz CT molecular complexity index is 763. The Morgan fingerprint density at radius 1 is 1.27 bits per heavy atom. The number of nitro groups is 1. The highest BCUT2D eigenvalue weighted by Gasteiger charge is 2.14. The molecule has 2 aromatic rings. The van der Waals surface area contributed by atoms with E-state index >= 15 is 0 Å². The lowest BCUT2D eigenvalue weighted by Crippen LogP contribution is -2.10. The number of non-ortho nitro benzene ring substituents is 1. The first-order chi connectivity index (χ1) is 10.4. The molecule has 1 unspecified atom stereocenters. The quantitative estimate of drug-likeness (QED) is 0.675. The Hall–Kier alpha value is -2.87. The maximum atomic E-state index is 10.8. The van der Waals surface area contributed by atoms with Crippen molar-refractivity contribution < 1.29 is 4.92 Å². The average molecular weight is 295 g/mol. The highest BCUT2D eigenvalue weighted by molar-refractivity contribution is 5.62. The molecule has 0 radical (unpaired) electrons. The van der Waals surface area contributed by atoms with Crippen molar-refractivity contribution >= 4 is 11.4 Å². The molecule has 0 spiro atoms. The molecule has 1 atom stereocenters. The van der Waals surface area contributed by atoms with E-state index in [-0.39, 0.29) is 17.3 Å². The number of nitrogens with one attached hydrogen (secondary N) is 1. The van der Waals surface area contributed by atoms with Gasteiger partial charge in [-0.2, -0.15) is 5.26 Å². The van der Waals surface area contributed by atoms with E-state index in [0.717, 1.165) is 5.56 Å². The SMILES string of the molecule is Cc1cccc(C(C)Nc2ccc([N+](=O)[O-])cc2C#N)c1C. The van der Waals surface area contributed by atoms with E-state index in [0.29, 0.717) is 5.69 Å². The summed E-state index contributed by atoms with van der Waals surface area (Å²) in [7, 11) is 0. The third-order valence-electron chi connectivity index (χ3n) is 3.82. The molecule has 0 saturated heterocycles. The van der Waals surface area contributed by atoms with Crippen LogP contribution in [-0.4, -0.2) is 4.92 Å². The van der Waals surface area contributed by atoms with Gasteiger partial charge in [0.2, 0.25) is 0 Å². The van der Waals surface area contributed by atoms with E-state index in [1.54, 1.807) is 6.07 Å². The minimum Gasteiger partial charge on any atom is -0.377 e. The molecule has 0 aromatic heterocycles. The largest absolute Gasteiger partial charge is 0.377 e. The van der Waals surface area contributed by atoms with Crippen LogP contribution >= 0.6 is 0 Å². The molecule has 0 fully saturated rings. The number of hydrogen-bond acceptors (Lipinski definition) is 4. The molecule has 0 aliphatic carbocycles. The van der Waals surface area contributed by atoms with Gasteiger partial charge in [-0.25, -0.2) is 0 Å². The zero-order valence-electron chi connectivity index (χ0n) is 12.8. The highest BCUT2D eigenvalue weighted by Crippen LogP contribution is 2.27. The lowest BCUT2D eigenvalue weighted by molar-refractivity contribution is -0.384. The van der Waals surface area contributed by atoms with Gasteiger partial charge in [-0.1, -0.05) is 18.2 Å². The summed E-state index contributed by atoms with van der Waals surface area (Å²) in [4.78, 5) is 10.3. The van der Waals surface area contributed by atoms with E-state index in [1.165, 1.54) is 23.3 Å². The van der Waals surface area contributed by atoms with Gasteiger partial charge in [-0.3, -0.25) is 10.1 Å². The fourth-order valence-electron chi connectivity index (χ4n) is 2.42. The third kappa shape index (κ3) is 3.07. The molecule has 1 N–H and O–H groups in total. The minimum absolute atomic E-state index is 0.00606. The van der Waals surface area contributed by atoms with Gasteiger partial charge in [0.25, 0.3) is 5.69 Å². The number of nitrogens with zero attached hydrogens (tertiary/aromatic N) is 2. The standard InChI is InChI=1S/C17H17N3O2/c1-11-5-4-6-16(12(11)2)13(3)19-17-8-7-15(20(21)22)9-14(17)10-18/h4-9,13,19H,1-3H3. The Morgan fingerprint density at radius 2 is 2.00 bits per heavy atom. The predicted octanol–water partition coefficient (Wildman–Crippen LogP) is 4.26. The maximum Gasteiger partial charge on any atom is 0.270 e. The van der Waals surface area contributed by atoms with Gasteiger partial charge < -0.3 is 5.32 Å². The fraction of sp³-hybridized carbons (Fsp3) is 0.235. The summed E-state index contributed by atoms with van der Waals surface area (Å²) in [6, 6.07) is 12.4. The van der Waals surface area contributed by atoms with Crippen LogP contribution in [0.5, 0.6) is 0 Å². The second kappa shape index (κ2) is 6.27. The first kappa shape index (κ1) is 15.5. The van der Waals surface area contributed by atoms with Gasteiger partial charge in [-0.05, 0) is 43.5 Å². The summed E-state index contributed by atoms with van der Waals surface area (Å²) in [6.07, 6.45) is 0. The summed E-state index contributed by atoms with van der Waals surface area (Å²) in [5.74, 6) is 0. The van der Waals surface area contributed by atoms with Crippen molar-refractivity contribution in [3.05, 3.63) is 68.8 Å². The van der Waals surface area contributed by atoms with Gasteiger partial charge in [0, 0.05) is 18.2 Å². The summed E-state index contributed by atoms with van der Waals surface area (Å²) in [5.41, 5.74) is 4.33. The van der Waals surface area contributed by atoms with Crippen molar-refractivity contribution in [1.29, 1.82) is 5.26 Å². The van der Waals surface area contributed by atoms with Crippen LogP contribution in [0.15, 0.2) is 36.4 Å². The Kier molecular flexibility index (Phi) is 4.42. The zero-order chi connectivity index (χ0) is 16.3. The van der Waals surface area contributed by atoms with E-state index in [1.807, 2.05) is 25.1 Å². The fourth-order valence-corrected chi connectivity index (χ4v) is 2.42. The molecule has 2 rings (SSSR count). The molecular formula is C17H17N3O2. The zero-order valence-corrected chi connectivity index (χ0v) is 12.8. The molecular weight excluding hydrogens is 278 g/mol. The number of rotatable bonds is 4. The van der Waals surface area contributed by atoms with Gasteiger partial charge >= 0.3 is 0 Å². The minimum atomic E-state index is -0.501. The summed E-state index contributed by atoms with van der Waals surface area (Å²) in [6.45, 7) is 6.12. The molecule has 0 bridgehead atoms. The van der Waals surface area contributed by atoms with Gasteiger partial charge in [0.15, 0.2) is 0 Å². The molecule has 112 valence electrons. The second-order valence-electron chi connectivity index (χ2n) is 5.25. The highest BCUT2D eigenvalue weighted by atomic mass is 16.6. The van der Waals surface area contributed by atoms with Crippen LogP contribution in [0.1, 0.15) is 35.2 Å². The van der Waals surface area contributed by atoms with E-state index < -0.39 is 4.92 Å². The number of nitro benzene ring substituents is 1. The molecule has 0 aliphatic heterocycles. The molecule has 0 heterocycles. The van der Waals surface area contributed by atoms with Crippen molar-refractivity contribution in [2.45, 2.75) is 26.8 Å². The Balaban J connectivity index is 2.32. The normalized spacial score (nSPS) is 11.5. The number of hydrogen-bond donors (Lipinski definition) is 1. The van der Waals surface area contributed by atoms with E-state index in [4.69, 9.17) is 0 Å². The summed E-state index contributed by atoms with van der Waals surface area (Å²) in [5, 5.41) is 23.2. The molecule has 5 nitrogen and oxygen atoms in total. The lowest BCUT2D eigenvalue weighted by atomic mass is 9.98. The number of nitriles is 1. The maximum absolute atomic E-state index is 10.8. The lowest BCUT2D eigenvalue weighted by Gasteiger charge is -2.19. The summed E-state index contributed by atoms with van der Waals surface area (Å²) >= 11 is 0. The van der Waals surface area contributed by atoms with Crippen molar-refractivity contribution in [2.75, 3.05) is 5.32 Å². The molecule has 0 amide bonds. The first-order valence-electron chi connectivity index (χ1n) is 6.95. The topological polar surface area (TPSA) is 79.0 Å². The van der Waals surface area contributed by atoms with Crippen molar-refractivity contribution in [3.63, 3.8) is 0 Å². The molecule has 22 heavy (non-hydrogen) atoms. The predicted molar refractivity (Wildman–Crippen MR) is 85.8 cm³/mol. The van der Waals surface area contributed by atoms with E-state index in [2.05, 4.69) is 25.2 Å². The van der Waals surface area contributed by atoms with Gasteiger partial charge in [0.1, 0.15) is 6.07 Å². The van der Waals surface area contributed by atoms with Crippen molar-refractivity contribution in [1.82, 2.24) is 0 Å². The van der Waals surface area contributed by atoms with Crippen molar-refractivity contribution in [2.24, 2.45) is 0 Å². The number of benzene rings is 2. The molecule has 0 saturated carbocycles. The first-order valence-corrected chi connectivity index (χ1v) is 6.95. The van der Waals surface area contributed by atoms with Crippen LogP contribution in [0.25, 0.3) is 0 Å². The van der Waals surface area contributed by atoms with Crippen LogP contribution in [0.2, 0.25) is 0 Å².